The first-order chi connectivity index (χ1) is 7.26. The smallest absolute Gasteiger partial charge is 0.0935 e. The van der Waals surface area contributed by atoms with Gasteiger partial charge in [-0.1, -0.05) is 32.4 Å². The van der Waals surface area contributed by atoms with Crippen LogP contribution in [-0.2, 0) is 0 Å². The van der Waals surface area contributed by atoms with Gasteiger partial charge in [-0.2, -0.15) is 0 Å². The van der Waals surface area contributed by atoms with Gasteiger partial charge in [0.05, 0.1) is 8.60 Å². The molecule has 0 aliphatic rings. The highest BCUT2D eigenvalue weighted by Gasteiger charge is 2.06. The molecule has 0 bridgehead atoms. The summed E-state index contributed by atoms with van der Waals surface area (Å²) in [7, 11) is 0. The van der Waals surface area contributed by atoms with E-state index in [1.54, 1.807) is 11.8 Å². The van der Waals surface area contributed by atoms with Crippen molar-refractivity contribution in [2.45, 2.75) is 40.0 Å². The Kier molecular flexibility index (Phi) is 12.4. The lowest BCUT2D eigenvalue weighted by Gasteiger charge is -2.08. The summed E-state index contributed by atoms with van der Waals surface area (Å²) in [5.74, 6) is 3.48. The molecule has 0 N–H and O–H groups in total. The molecular formula is C11H21ClS3. The van der Waals surface area contributed by atoms with E-state index in [1.165, 1.54) is 35.0 Å². The monoisotopic (exact) mass is 284 g/mol. The van der Waals surface area contributed by atoms with E-state index >= 15 is 0 Å². The number of hydrogen-bond donors (Lipinski definition) is 0. The van der Waals surface area contributed by atoms with Gasteiger partial charge in [0, 0.05) is 0 Å². The number of hydrogen-bond acceptors (Lipinski definition) is 3. The summed E-state index contributed by atoms with van der Waals surface area (Å²) in [6.07, 6.45) is 3.61. The maximum Gasteiger partial charge on any atom is 0.0935 e. The lowest BCUT2D eigenvalue weighted by atomic mass is 10.6. The summed E-state index contributed by atoms with van der Waals surface area (Å²) in [5.41, 5.74) is 0. The van der Waals surface area contributed by atoms with Gasteiger partial charge in [0.25, 0.3) is 0 Å². The second-order valence-corrected chi connectivity index (χ2v) is 7.28. The van der Waals surface area contributed by atoms with Crippen LogP contribution in [0.2, 0.25) is 0 Å². The molecule has 0 saturated carbocycles. The van der Waals surface area contributed by atoms with E-state index in [-0.39, 0.29) is 0 Å². The van der Waals surface area contributed by atoms with Gasteiger partial charge in [0.1, 0.15) is 0 Å². The van der Waals surface area contributed by atoms with Gasteiger partial charge >= 0.3 is 0 Å². The Morgan fingerprint density at radius 2 is 1.20 bits per heavy atom. The van der Waals surface area contributed by atoms with E-state index in [2.05, 4.69) is 20.8 Å². The van der Waals surface area contributed by atoms with Crippen LogP contribution >= 0.6 is 46.9 Å². The standard InChI is InChI=1S/C11H21ClS3/c1-4-7-13-10(12)11(14-8-5-2)15-9-6-3/h4-9H2,1-3H3. The van der Waals surface area contributed by atoms with Gasteiger partial charge in [0.2, 0.25) is 0 Å². The second kappa shape index (κ2) is 11.6. The molecule has 0 rings (SSSR count). The van der Waals surface area contributed by atoms with Crippen LogP contribution in [0.5, 0.6) is 0 Å². The van der Waals surface area contributed by atoms with E-state index < -0.39 is 0 Å². The summed E-state index contributed by atoms with van der Waals surface area (Å²) in [6.45, 7) is 6.61. The Bertz CT molecular complexity index is 171. The molecular weight excluding hydrogens is 264 g/mol. The Balaban J connectivity index is 4.14. The van der Waals surface area contributed by atoms with Crippen molar-refractivity contribution in [3.8, 4) is 0 Å². The molecule has 4 heteroatoms. The summed E-state index contributed by atoms with van der Waals surface area (Å²) >= 11 is 11.9. The van der Waals surface area contributed by atoms with Crippen LogP contribution in [0.1, 0.15) is 40.0 Å². The van der Waals surface area contributed by atoms with Crippen LogP contribution in [0.3, 0.4) is 0 Å². The van der Waals surface area contributed by atoms with Crippen LogP contribution in [0.4, 0.5) is 0 Å². The zero-order valence-corrected chi connectivity index (χ0v) is 13.1. The normalized spacial score (nSPS) is 10.4. The topological polar surface area (TPSA) is 0 Å². The van der Waals surface area contributed by atoms with Gasteiger partial charge in [-0.15, -0.1) is 35.3 Å². The van der Waals surface area contributed by atoms with Crippen molar-refractivity contribution in [3.05, 3.63) is 8.60 Å². The molecule has 90 valence electrons. The summed E-state index contributed by atoms with van der Waals surface area (Å²) in [6, 6.07) is 0. The third kappa shape index (κ3) is 8.84. The van der Waals surface area contributed by atoms with Gasteiger partial charge in [-0.3, -0.25) is 0 Å². The first kappa shape index (κ1) is 16.1. The second-order valence-electron chi connectivity index (χ2n) is 3.11. The van der Waals surface area contributed by atoms with Gasteiger partial charge in [0.15, 0.2) is 0 Å². The molecule has 0 spiro atoms. The van der Waals surface area contributed by atoms with Crippen molar-refractivity contribution in [2.75, 3.05) is 17.3 Å². The van der Waals surface area contributed by atoms with Gasteiger partial charge < -0.3 is 0 Å². The van der Waals surface area contributed by atoms with Gasteiger partial charge in [-0.25, -0.2) is 0 Å². The minimum Gasteiger partial charge on any atom is -0.117 e. The summed E-state index contributed by atoms with van der Waals surface area (Å²) < 4.78 is 2.34. The van der Waals surface area contributed by atoms with Crippen molar-refractivity contribution in [3.63, 3.8) is 0 Å². The lowest BCUT2D eigenvalue weighted by molar-refractivity contribution is 1.11. The first-order valence-electron chi connectivity index (χ1n) is 5.54. The highest BCUT2D eigenvalue weighted by atomic mass is 35.5. The maximum atomic E-state index is 6.30. The van der Waals surface area contributed by atoms with Crippen molar-refractivity contribution in [1.82, 2.24) is 0 Å². The lowest BCUT2D eigenvalue weighted by Crippen LogP contribution is -1.83. The molecule has 0 saturated heterocycles. The van der Waals surface area contributed by atoms with Crippen molar-refractivity contribution in [2.24, 2.45) is 0 Å². The fourth-order valence-electron chi connectivity index (χ4n) is 0.795. The SMILES string of the molecule is CCCSC(Cl)=C(SCCC)SCCC. The number of thioether (sulfide) groups is 3. The van der Waals surface area contributed by atoms with Crippen LogP contribution < -0.4 is 0 Å². The molecule has 0 unspecified atom stereocenters. The van der Waals surface area contributed by atoms with Crippen LogP contribution in [-0.4, -0.2) is 17.3 Å². The summed E-state index contributed by atoms with van der Waals surface area (Å²) in [5, 5.41) is 0. The largest absolute Gasteiger partial charge is 0.117 e. The van der Waals surface area contributed by atoms with Crippen LogP contribution in [0.15, 0.2) is 8.60 Å². The maximum absolute atomic E-state index is 6.30. The fourth-order valence-corrected chi connectivity index (χ4v) is 4.40. The predicted molar refractivity (Wildman–Crippen MR) is 81.1 cm³/mol. The molecule has 0 aromatic heterocycles. The number of halogens is 1. The molecule has 0 atom stereocenters. The Labute approximate surface area is 112 Å². The van der Waals surface area contributed by atoms with Crippen LogP contribution in [0.25, 0.3) is 0 Å². The minimum atomic E-state index is 1.01. The van der Waals surface area contributed by atoms with E-state index in [0.29, 0.717) is 0 Å². The third-order valence-electron chi connectivity index (χ3n) is 1.47. The minimum absolute atomic E-state index is 1.01. The third-order valence-corrected chi connectivity index (χ3v) is 6.40. The molecule has 0 radical (unpaired) electrons. The highest BCUT2D eigenvalue weighted by Crippen LogP contribution is 2.39. The Morgan fingerprint density at radius 3 is 1.60 bits per heavy atom. The average molecular weight is 285 g/mol. The average Bonchev–Trinajstić information content (AvgIpc) is 2.26. The molecule has 0 heterocycles. The van der Waals surface area contributed by atoms with Gasteiger partial charge in [-0.05, 0) is 36.5 Å². The van der Waals surface area contributed by atoms with E-state index in [0.717, 1.165) is 10.1 Å². The molecule has 0 aromatic rings. The molecule has 0 amide bonds. The molecule has 0 nitrogen and oxygen atoms in total. The molecule has 0 fully saturated rings. The quantitative estimate of drug-likeness (QED) is 0.527. The van der Waals surface area contributed by atoms with Crippen molar-refractivity contribution >= 4 is 46.9 Å². The molecule has 15 heavy (non-hydrogen) atoms. The van der Waals surface area contributed by atoms with Crippen molar-refractivity contribution < 1.29 is 0 Å². The van der Waals surface area contributed by atoms with Crippen LogP contribution in [0, 0.1) is 0 Å². The first-order valence-corrected chi connectivity index (χ1v) is 8.87. The van der Waals surface area contributed by atoms with E-state index in [9.17, 15) is 0 Å². The zero-order chi connectivity index (χ0) is 11.5. The van der Waals surface area contributed by atoms with E-state index in [4.69, 9.17) is 11.6 Å². The Hall–Kier alpha value is 1.08. The fraction of sp³-hybridized carbons (Fsp3) is 0.818. The summed E-state index contributed by atoms with van der Waals surface area (Å²) in [4.78, 5) is 0. The molecule has 0 aliphatic carbocycles. The highest BCUT2D eigenvalue weighted by molar-refractivity contribution is 8.23. The zero-order valence-electron chi connectivity index (χ0n) is 9.85. The molecule has 0 aromatic carbocycles. The number of rotatable bonds is 9. The van der Waals surface area contributed by atoms with E-state index in [1.807, 2.05) is 23.5 Å². The Morgan fingerprint density at radius 1 is 0.800 bits per heavy atom. The van der Waals surface area contributed by atoms with Crippen molar-refractivity contribution in [1.29, 1.82) is 0 Å². The predicted octanol–water partition coefficient (Wildman–Crippen LogP) is 5.78. The molecule has 0 aliphatic heterocycles.